The van der Waals surface area contributed by atoms with Crippen molar-refractivity contribution >= 4 is 44.4 Å². The van der Waals surface area contributed by atoms with Crippen LogP contribution in [0.1, 0.15) is 12.6 Å². The number of rotatable bonds is 11. The number of hydrogen-bond acceptors (Lipinski definition) is 16. The third kappa shape index (κ3) is 4.97. The van der Waals surface area contributed by atoms with Crippen LogP contribution < -0.4 is 16.9 Å². The van der Waals surface area contributed by atoms with Crippen LogP contribution in [0.5, 0.6) is 0 Å². The number of hydrogen-bond donors (Lipinski definition) is 8. The van der Waals surface area contributed by atoms with Gasteiger partial charge in [-0.1, -0.05) is 0 Å². The van der Waals surface area contributed by atoms with Gasteiger partial charge in [-0.15, -0.1) is 9.42 Å². The maximum atomic E-state index is 13.2. The lowest BCUT2D eigenvalue weighted by Crippen LogP contribution is -2.41. The van der Waals surface area contributed by atoms with Crippen LogP contribution >= 0.6 is 16.1 Å². The third-order valence-corrected chi connectivity index (χ3v) is 8.38. The molecule has 2 fully saturated rings. The largest absolute Gasteiger partial charge is 0.694 e. The fourth-order valence-electron chi connectivity index (χ4n) is 4.84. The van der Waals surface area contributed by atoms with Gasteiger partial charge in [0.05, 0.1) is 19.0 Å². The Morgan fingerprint density at radius 2 is 1.93 bits per heavy atom. The van der Waals surface area contributed by atoms with Crippen LogP contribution in [-0.2, 0) is 33.2 Å². The number of H-pyrrole nitrogens is 2. The van der Waals surface area contributed by atoms with Crippen LogP contribution in [-0.4, -0.2) is 101 Å². The van der Waals surface area contributed by atoms with Gasteiger partial charge in [0.1, 0.15) is 31.5 Å². The lowest BCUT2D eigenvalue weighted by atomic mass is 10.1. The Labute approximate surface area is 237 Å². The smallest absolute Gasteiger partial charge is 0.387 e. The summed E-state index contributed by atoms with van der Waals surface area (Å²) in [5.74, 6) is -0.285. The van der Waals surface area contributed by atoms with Gasteiger partial charge in [-0.3, -0.25) is 32.8 Å². The Balaban J connectivity index is 1.28. The van der Waals surface area contributed by atoms with Crippen molar-refractivity contribution in [1.29, 1.82) is 0 Å². The zero-order valence-corrected chi connectivity index (χ0v) is 23.1. The molecule has 22 nitrogen and oxygen atoms in total. The van der Waals surface area contributed by atoms with Crippen LogP contribution in [0.4, 0.5) is 5.95 Å². The molecule has 5 heterocycles. The molecule has 4 aromatic rings. The van der Waals surface area contributed by atoms with Gasteiger partial charge in [-0.25, -0.2) is 19.5 Å². The van der Waals surface area contributed by atoms with E-state index in [2.05, 4.69) is 34.4 Å². The fraction of sp³-hybridized carbons (Fsp3) is 0.474. The number of fused-ring (bicyclic) bond motifs is 3. The molecule has 6 rings (SSSR count). The molecule has 0 radical (unpaired) electrons. The molecule has 3 unspecified atom stereocenters. The van der Waals surface area contributed by atoms with Gasteiger partial charge in [-0.05, 0) is 0 Å². The van der Waals surface area contributed by atoms with E-state index < -0.39 is 82.7 Å². The van der Waals surface area contributed by atoms with Crippen molar-refractivity contribution in [3.8, 4) is 0 Å². The summed E-state index contributed by atoms with van der Waals surface area (Å²) < 4.78 is 46.8. The summed E-state index contributed by atoms with van der Waals surface area (Å²) >= 11 is 0. The lowest BCUT2D eigenvalue weighted by Gasteiger charge is -2.31. The molecule has 24 heteroatoms. The Morgan fingerprint density at radius 3 is 2.67 bits per heavy atom. The van der Waals surface area contributed by atoms with Crippen LogP contribution in [0.3, 0.4) is 0 Å². The average Bonchev–Trinajstić information content (AvgIpc) is 3.39. The van der Waals surface area contributed by atoms with Crippen molar-refractivity contribution in [2.45, 2.75) is 42.3 Å². The Kier molecular flexibility index (Phi) is 7.06. The summed E-state index contributed by atoms with van der Waals surface area (Å²) in [4.78, 5) is 64.2. The zero-order valence-electron chi connectivity index (χ0n) is 21.3. The number of phosphoric acid groups is 1. The summed E-state index contributed by atoms with van der Waals surface area (Å²) in [5, 5.41) is 32.7. The first-order valence-electron chi connectivity index (χ1n) is 12.1. The molecular weight excluding hydrogens is 624 g/mol. The van der Waals surface area contributed by atoms with Gasteiger partial charge in [-0.2, -0.15) is 4.98 Å². The highest BCUT2D eigenvalue weighted by atomic mass is 31.2. The van der Waals surface area contributed by atoms with Crippen molar-refractivity contribution in [3.63, 3.8) is 0 Å². The third-order valence-electron chi connectivity index (χ3n) is 7.03. The minimum Gasteiger partial charge on any atom is -0.387 e. The van der Waals surface area contributed by atoms with Crippen LogP contribution in [0.2, 0.25) is 0 Å². The lowest BCUT2D eigenvalue weighted by molar-refractivity contribution is -0.111. The SMILES string of the molecule is Nc1nc2c(ncn2[C@@H]2O[C@@H]3C(O)[C@]3(O)[C@H]2OP(=O)(O)OC[C@@](O)(CCO[P+](=O)O)n2cnc3c(=O)[nH]cnc32)c(=O)[nH]1. The second-order valence-electron chi connectivity index (χ2n) is 9.64. The number of aromatic amines is 2. The fourth-order valence-corrected chi connectivity index (χ4v) is 6.08. The van der Waals surface area contributed by atoms with Crippen molar-refractivity contribution in [1.82, 2.24) is 39.0 Å². The van der Waals surface area contributed by atoms with E-state index in [1.165, 1.54) is 0 Å². The maximum absolute atomic E-state index is 13.2. The molecule has 0 spiro atoms. The van der Waals surface area contributed by atoms with Crippen LogP contribution in [0.25, 0.3) is 22.3 Å². The number of imidazole rings is 2. The van der Waals surface area contributed by atoms with Gasteiger partial charge < -0.3 is 35.7 Å². The van der Waals surface area contributed by atoms with Gasteiger partial charge in [0.25, 0.3) is 11.1 Å². The highest BCUT2D eigenvalue weighted by molar-refractivity contribution is 7.47. The number of phosphoric ester groups is 1. The number of ether oxygens (including phenoxy) is 1. The predicted molar refractivity (Wildman–Crippen MR) is 137 cm³/mol. The van der Waals surface area contributed by atoms with E-state index in [4.69, 9.17) is 24.4 Å². The van der Waals surface area contributed by atoms with Crippen molar-refractivity contribution < 1.29 is 52.5 Å². The van der Waals surface area contributed by atoms with E-state index >= 15 is 0 Å². The highest BCUT2D eigenvalue weighted by Crippen LogP contribution is 2.60. The first-order valence-corrected chi connectivity index (χ1v) is 14.7. The molecule has 1 aliphatic carbocycles. The summed E-state index contributed by atoms with van der Waals surface area (Å²) in [6.45, 7) is -1.64. The molecule has 0 amide bonds. The maximum Gasteiger partial charge on any atom is 0.694 e. The van der Waals surface area contributed by atoms with Gasteiger partial charge in [0, 0.05) is 11.0 Å². The average molecular weight is 646 g/mol. The van der Waals surface area contributed by atoms with Gasteiger partial charge in [0.2, 0.25) is 5.95 Å². The second kappa shape index (κ2) is 10.3. The number of nitrogens with one attached hydrogen (secondary N) is 2. The summed E-state index contributed by atoms with van der Waals surface area (Å²) in [5.41, 5.74) is -0.989. The van der Waals surface area contributed by atoms with E-state index in [1.807, 2.05) is 0 Å². The van der Waals surface area contributed by atoms with Gasteiger partial charge in [0.15, 0.2) is 39.9 Å². The molecule has 0 bridgehead atoms. The first-order chi connectivity index (χ1) is 20.2. The Hall–Kier alpha value is -3.53. The standard InChI is InChI=1S/C19H21N9O13P2/c20-17-25-13-8(15(31)26-17)23-5-27(13)16-11(19(33)9(29)10(19)40-16)41-43(36,37)39-3-18(32,1-2-38-42(34)35)28-6-24-7-12(28)21-4-22-14(7)30/h4-6,9-11,16,29,32-33H,1-3H2,(H5-,20,21,22,25,26,30,31,34,35,36,37)/p+1/t9?,10-,11+,16-,18+,19-/m1/s1. The number of aliphatic hydroxyl groups excluding tert-OH is 1. The number of aromatic nitrogens is 8. The van der Waals surface area contributed by atoms with E-state index in [-0.39, 0.29) is 28.3 Å². The summed E-state index contributed by atoms with van der Waals surface area (Å²) in [6.07, 6.45) is -3.54. The molecule has 43 heavy (non-hydrogen) atoms. The molecule has 9 N–H and O–H groups in total. The number of nitrogen functional groups attached to an aromatic ring is 1. The quantitative estimate of drug-likeness (QED) is 0.0754. The Morgan fingerprint density at radius 1 is 1.21 bits per heavy atom. The summed E-state index contributed by atoms with van der Waals surface area (Å²) in [7, 11) is -8.36. The predicted octanol–water partition coefficient (Wildman–Crippen LogP) is -2.96. The molecular formula is C19H22N9O13P2+. The number of nitrogens with two attached hydrogens (primary N) is 1. The van der Waals surface area contributed by atoms with Gasteiger partial charge >= 0.3 is 16.1 Å². The molecule has 4 aromatic heterocycles. The molecule has 2 aliphatic rings. The van der Waals surface area contributed by atoms with E-state index in [1.54, 1.807) is 0 Å². The molecule has 1 saturated heterocycles. The Bertz CT molecular complexity index is 1910. The topological polar surface area (TPSA) is 325 Å². The molecule has 1 aliphatic heterocycles. The zero-order chi connectivity index (χ0) is 30.9. The summed E-state index contributed by atoms with van der Waals surface area (Å²) in [6, 6.07) is 0. The molecule has 230 valence electrons. The van der Waals surface area contributed by atoms with Crippen molar-refractivity contribution in [2.24, 2.45) is 0 Å². The minimum absolute atomic E-state index is 0.126. The van der Waals surface area contributed by atoms with E-state index in [9.17, 15) is 38.9 Å². The molecule has 8 atom stereocenters. The van der Waals surface area contributed by atoms with Crippen LogP contribution in [0, 0.1) is 0 Å². The second-order valence-corrected chi connectivity index (χ2v) is 11.8. The molecule has 1 saturated carbocycles. The number of nitrogens with zero attached hydrogens (tertiary/aromatic N) is 6. The first kappa shape index (κ1) is 29.5. The normalized spacial score (nSPS) is 28.1. The van der Waals surface area contributed by atoms with Crippen molar-refractivity contribution in [3.05, 3.63) is 39.7 Å². The monoisotopic (exact) mass is 646 g/mol. The van der Waals surface area contributed by atoms with E-state index in [0.717, 1.165) is 28.1 Å². The number of anilines is 1. The highest BCUT2D eigenvalue weighted by Gasteiger charge is 2.78. The minimum atomic E-state index is -5.29. The van der Waals surface area contributed by atoms with Crippen molar-refractivity contribution in [2.75, 3.05) is 18.9 Å². The molecule has 0 aromatic carbocycles. The van der Waals surface area contributed by atoms with Crippen LogP contribution in [0.15, 0.2) is 28.6 Å². The van der Waals surface area contributed by atoms with E-state index in [0.29, 0.717) is 0 Å². The number of aliphatic hydroxyl groups is 3.